The molecule has 0 fully saturated rings. The molecule has 2 heterocycles. The highest BCUT2D eigenvalue weighted by molar-refractivity contribution is 6.09. The molecule has 96 valence electrons. The predicted octanol–water partition coefficient (Wildman–Crippen LogP) is 1.91. The van der Waals surface area contributed by atoms with Gasteiger partial charge in [0.25, 0.3) is 0 Å². The number of methoxy groups -OCH3 is 2. The van der Waals surface area contributed by atoms with E-state index in [1.165, 1.54) is 20.5 Å². The van der Waals surface area contributed by atoms with Crippen molar-refractivity contribution in [3.63, 3.8) is 0 Å². The zero-order valence-electron chi connectivity index (χ0n) is 10.4. The fourth-order valence-corrected chi connectivity index (χ4v) is 2.10. The number of rotatable bonds is 2. The maximum atomic E-state index is 11.8. The summed E-state index contributed by atoms with van der Waals surface area (Å²) in [7, 11) is 2.85. The molecule has 0 saturated heterocycles. The highest BCUT2D eigenvalue weighted by Gasteiger charge is 2.16. The molecular weight excluding hydrogens is 246 g/mol. The summed E-state index contributed by atoms with van der Waals surface area (Å²) in [5.41, 5.74) is 1.93. The number of esters is 1. The second-order valence-electron chi connectivity index (χ2n) is 4.00. The van der Waals surface area contributed by atoms with Crippen molar-refractivity contribution >= 4 is 27.9 Å². The van der Waals surface area contributed by atoms with Gasteiger partial charge < -0.3 is 14.5 Å². The molecule has 0 aliphatic heterocycles. The van der Waals surface area contributed by atoms with E-state index in [0.717, 1.165) is 16.3 Å². The molecule has 3 rings (SSSR count). The molecule has 0 saturated carbocycles. The molecule has 19 heavy (non-hydrogen) atoms. The second-order valence-corrected chi connectivity index (χ2v) is 4.00. The van der Waals surface area contributed by atoms with E-state index >= 15 is 0 Å². The zero-order chi connectivity index (χ0) is 13.4. The summed E-state index contributed by atoms with van der Waals surface area (Å²) in [6, 6.07) is 3.48. The molecule has 0 bridgehead atoms. The van der Waals surface area contributed by atoms with Crippen molar-refractivity contribution < 1.29 is 14.3 Å². The quantitative estimate of drug-likeness (QED) is 0.709. The molecule has 0 radical (unpaired) electrons. The fourth-order valence-electron chi connectivity index (χ4n) is 2.10. The van der Waals surface area contributed by atoms with Crippen LogP contribution in [0.3, 0.4) is 0 Å². The second kappa shape index (κ2) is 4.24. The van der Waals surface area contributed by atoms with Crippen LogP contribution < -0.4 is 4.74 Å². The molecule has 0 aliphatic rings. The van der Waals surface area contributed by atoms with Gasteiger partial charge in [-0.2, -0.15) is 0 Å². The van der Waals surface area contributed by atoms with Crippen LogP contribution in [0.2, 0.25) is 0 Å². The summed E-state index contributed by atoms with van der Waals surface area (Å²) in [6.45, 7) is 0. The fraction of sp³-hybridized carbons (Fsp3) is 0.154. The van der Waals surface area contributed by atoms with Crippen molar-refractivity contribution in [2.45, 2.75) is 0 Å². The van der Waals surface area contributed by atoms with Crippen LogP contribution in [0.15, 0.2) is 24.7 Å². The van der Waals surface area contributed by atoms with Gasteiger partial charge in [0, 0.05) is 23.0 Å². The molecule has 6 heteroatoms. The normalized spacial score (nSPS) is 10.8. The average Bonchev–Trinajstić information content (AvgIpc) is 2.82. The number of nitrogens with one attached hydrogen (secondary N) is 1. The predicted molar refractivity (Wildman–Crippen MR) is 69.3 cm³/mol. The first-order valence-corrected chi connectivity index (χ1v) is 5.62. The van der Waals surface area contributed by atoms with Crippen molar-refractivity contribution in [2.75, 3.05) is 14.2 Å². The number of ether oxygens (including phenoxy) is 2. The number of nitrogens with zero attached hydrogens (tertiary/aromatic N) is 2. The molecule has 2 aromatic heterocycles. The number of carbonyl (C=O) groups is 1. The van der Waals surface area contributed by atoms with Crippen LogP contribution in [0.25, 0.3) is 21.9 Å². The lowest BCUT2D eigenvalue weighted by Crippen LogP contribution is -2.03. The smallest absolute Gasteiger partial charge is 0.341 e. The van der Waals surface area contributed by atoms with Gasteiger partial charge in [-0.1, -0.05) is 0 Å². The topological polar surface area (TPSA) is 77.1 Å². The molecule has 6 nitrogen and oxygen atoms in total. The number of hydrogen-bond acceptors (Lipinski definition) is 5. The van der Waals surface area contributed by atoms with Crippen LogP contribution in [-0.2, 0) is 4.74 Å². The molecule has 0 unspecified atom stereocenters. The van der Waals surface area contributed by atoms with E-state index in [4.69, 9.17) is 9.47 Å². The minimum absolute atomic E-state index is 0.377. The Bertz CT molecular complexity index is 779. The van der Waals surface area contributed by atoms with Crippen LogP contribution in [-0.4, -0.2) is 35.1 Å². The standard InChI is InChI=1S/C13H11N3O3/c1-18-11-4-10-7(3-8(11)13(17)19-2)9-5-14-6-15-12(9)16-10/h3-6H,1-2H3,(H,14,15,16). The van der Waals surface area contributed by atoms with Crippen LogP contribution >= 0.6 is 0 Å². The van der Waals surface area contributed by atoms with Gasteiger partial charge in [-0.3, -0.25) is 0 Å². The Morgan fingerprint density at radius 3 is 2.84 bits per heavy atom. The summed E-state index contributed by atoms with van der Waals surface area (Å²) >= 11 is 0. The summed E-state index contributed by atoms with van der Waals surface area (Å²) in [4.78, 5) is 23.0. The summed E-state index contributed by atoms with van der Waals surface area (Å²) < 4.78 is 9.97. The minimum Gasteiger partial charge on any atom is -0.496 e. The lowest BCUT2D eigenvalue weighted by atomic mass is 10.1. The molecule has 0 spiro atoms. The van der Waals surface area contributed by atoms with Crippen LogP contribution in [0.4, 0.5) is 0 Å². The van der Waals surface area contributed by atoms with Gasteiger partial charge in [-0.25, -0.2) is 14.8 Å². The van der Waals surface area contributed by atoms with Crippen LogP contribution in [0.1, 0.15) is 10.4 Å². The van der Waals surface area contributed by atoms with E-state index in [1.807, 2.05) is 0 Å². The minimum atomic E-state index is -0.440. The van der Waals surface area contributed by atoms with Crippen LogP contribution in [0.5, 0.6) is 5.75 Å². The lowest BCUT2D eigenvalue weighted by Gasteiger charge is -2.06. The van der Waals surface area contributed by atoms with Gasteiger partial charge >= 0.3 is 5.97 Å². The van der Waals surface area contributed by atoms with Gasteiger partial charge in [-0.05, 0) is 6.07 Å². The maximum Gasteiger partial charge on any atom is 0.341 e. The highest BCUT2D eigenvalue weighted by Crippen LogP contribution is 2.30. The number of carbonyl (C=O) groups excluding carboxylic acids is 1. The maximum absolute atomic E-state index is 11.8. The summed E-state index contributed by atoms with van der Waals surface area (Å²) in [5, 5.41) is 1.71. The Balaban J connectivity index is 2.37. The number of fused-ring (bicyclic) bond motifs is 3. The average molecular weight is 257 g/mol. The first kappa shape index (κ1) is 11.5. The molecule has 0 aliphatic carbocycles. The number of hydrogen-bond donors (Lipinski definition) is 1. The van der Waals surface area contributed by atoms with Gasteiger partial charge in [0.1, 0.15) is 23.3 Å². The van der Waals surface area contributed by atoms with Crippen molar-refractivity contribution in [1.82, 2.24) is 15.0 Å². The van der Waals surface area contributed by atoms with E-state index in [2.05, 4.69) is 15.0 Å². The van der Waals surface area contributed by atoms with E-state index in [1.54, 1.807) is 18.3 Å². The third-order valence-electron chi connectivity index (χ3n) is 3.00. The molecule has 3 aromatic rings. The third-order valence-corrected chi connectivity index (χ3v) is 3.00. The number of H-pyrrole nitrogens is 1. The Hall–Kier alpha value is -2.63. The van der Waals surface area contributed by atoms with Crippen molar-refractivity contribution in [3.05, 3.63) is 30.2 Å². The van der Waals surface area contributed by atoms with Gasteiger partial charge in [0.15, 0.2) is 0 Å². The highest BCUT2D eigenvalue weighted by atomic mass is 16.5. The van der Waals surface area contributed by atoms with Crippen molar-refractivity contribution in [3.8, 4) is 5.75 Å². The number of aromatic amines is 1. The molecule has 0 amide bonds. The lowest BCUT2D eigenvalue weighted by molar-refractivity contribution is 0.0597. The monoisotopic (exact) mass is 257 g/mol. The molecule has 1 N–H and O–H groups in total. The Kier molecular flexibility index (Phi) is 2.56. The van der Waals surface area contributed by atoms with E-state index in [9.17, 15) is 4.79 Å². The van der Waals surface area contributed by atoms with E-state index in [0.29, 0.717) is 17.0 Å². The van der Waals surface area contributed by atoms with Gasteiger partial charge in [0.2, 0.25) is 0 Å². The molecule has 1 aromatic carbocycles. The van der Waals surface area contributed by atoms with E-state index in [-0.39, 0.29) is 0 Å². The molecule has 0 atom stereocenters. The summed E-state index contributed by atoms with van der Waals surface area (Å²) in [5.74, 6) is 0.0174. The van der Waals surface area contributed by atoms with Gasteiger partial charge in [-0.15, -0.1) is 0 Å². The third kappa shape index (κ3) is 1.69. The number of aromatic nitrogens is 3. The van der Waals surface area contributed by atoms with Crippen LogP contribution in [0, 0.1) is 0 Å². The SMILES string of the molecule is COC(=O)c1cc2c(cc1OC)[nH]c1ncncc12. The zero-order valence-corrected chi connectivity index (χ0v) is 10.4. The Morgan fingerprint density at radius 2 is 2.11 bits per heavy atom. The van der Waals surface area contributed by atoms with Crippen molar-refractivity contribution in [2.24, 2.45) is 0 Å². The Morgan fingerprint density at radius 1 is 1.26 bits per heavy atom. The first-order chi connectivity index (χ1) is 9.24. The van der Waals surface area contributed by atoms with Crippen molar-refractivity contribution in [1.29, 1.82) is 0 Å². The first-order valence-electron chi connectivity index (χ1n) is 5.62. The number of benzene rings is 1. The largest absolute Gasteiger partial charge is 0.496 e. The van der Waals surface area contributed by atoms with E-state index < -0.39 is 5.97 Å². The summed E-state index contributed by atoms with van der Waals surface area (Å²) in [6.07, 6.45) is 3.17. The Labute approximate surface area is 108 Å². The van der Waals surface area contributed by atoms with Gasteiger partial charge in [0.05, 0.1) is 19.7 Å². The molecular formula is C13H11N3O3.